The van der Waals surface area contributed by atoms with Gasteiger partial charge in [0.2, 0.25) is 5.91 Å². The number of carbonyl (C=O) groups is 2. The number of hydrogen-bond acceptors (Lipinski definition) is 5. The van der Waals surface area contributed by atoms with Crippen molar-refractivity contribution in [3.8, 4) is 11.5 Å². The second-order valence-corrected chi connectivity index (χ2v) is 6.70. The first-order valence-electron chi connectivity index (χ1n) is 7.27. The van der Waals surface area contributed by atoms with E-state index in [0.717, 1.165) is 5.69 Å². The van der Waals surface area contributed by atoms with Gasteiger partial charge in [0, 0.05) is 37.0 Å². The lowest BCUT2D eigenvalue weighted by Crippen LogP contribution is -2.24. The van der Waals surface area contributed by atoms with Crippen molar-refractivity contribution in [2.24, 2.45) is 0 Å². The van der Waals surface area contributed by atoms with Gasteiger partial charge >= 0.3 is 0 Å². The van der Waals surface area contributed by atoms with E-state index >= 15 is 0 Å². The summed E-state index contributed by atoms with van der Waals surface area (Å²) in [7, 11) is 0. The highest BCUT2D eigenvalue weighted by atomic mass is 32.2. The third-order valence-corrected chi connectivity index (χ3v) is 4.42. The molecule has 3 rings (SSSR count). The van der Waals surface area contributed by atoms with Crippen molar-refractivity contribution in [1.82, 2.24) is 4.98 Å². The first-order valence-corrected chi connectivity index (χ1v) is 8.15. The summed E-state index contributed by atoms with van der Waals surface area (Å²) in [4.78, 5) is 29.0. The van der Waals surface area contributed by atoms with Crippen LogP contribution in [0.5, 0.6) is 11.5 Å². The molecule has 0 saturated carbocycles. The Morgan fingerprint density at radius 1 is 1.26 bits per heavy atom. The molecule has 0 aliphatic carbocycles. The van der Waals surface area contributed by atoms with Crippen LogP contribution in [0.25, 0.3) is 0 Å². The molecule has 1 amide bonds. The van der Waals surface area contributed by atoms with Crippen molar-refractivity contribution in [3.63, 3.8) is 0 Å². The van der Waals surface area contributed by atoms with Crippen LogP contribution in [0.4, 0.5) is 5.69 Å². The first-order chi connectivity index (χ1) is 11.1. The van der Waals surface area contributed by atoms with E-state index in [4.69, 9.17) is 4.74 Å². The van der Waals surface area contributed by atoms with Gasteiger partial charge in [-0.2, -0.15) is 0 Å². The van der Waals surface area contributed by atoms with E-state index < -0.39 is 0 Å². The van der Waals surface area contributed by atoms with Gasteiger partial charge in [0.05, 0.1) is 6.20 Å². The van der Waals surface area contributed by atoms with E-state index in [1.165, 1.54) is 18.7 Å². The van der Waals surface area contributed by atoms with Gasteiger partial charge < -0.3 is 9.64 Å². The summed E-state index contributed by atoms with van der Waals surface area (Å²) in [6, 6.07) is 11.0. The van der Waals surface area contributed by atoms with Crippen LogP contribution in [-0.4, -0.2) is 27.8 Å². The second kappa shape index (κ2) is 6.83. The largest absolute Gasteiger partial charge is 0.456 e. The lowest BCUT2D eigenvalue weighted by Gasteiger charge is -2.17. The zero-order chi connectivity index (χ0) is 16.2. The highest BCUT2D eigenvalue weighted by Gasteiger charge is 2.31. The molecule has 1 aliphatic heterocycles. The molecule has 2 aromatic rings. The van der Waals surface area contributed by atoms with E-state index in [1.807, 2.05) is 30.3 Å². The fraction of sp³-hybridized carbons (Fsp3) is 0.235. The van der Waals surface area contributed by atoms with Gasteiger partial charge in [0.15, 0.2) is 5.12 Å². The second-order valence-electron chi connectivity index (χ2n) is 5.22. The number of rotatable bonds is 4. The number of carbonyl (C=O) groups excluding carboxylic acids is 2. The minimum absolute atomic E-state index is 0.0336. The number of aromatic nitrogens is 1. The molecule has 6 heteroatoms. The average Bonchev–Trinajstić information content (AvgIpc) is 2.89. The molecule has 1 saturated heterocycles. The molecule has 0 bridgehead atoms. The zero-order valence-corrected chi connectivity index (χ0v) is 13.5. The average molecular weight is 328 g/mol. The smallest absolute Gasteiger partial charge is 0.228 e. The van der Waals surface area contributed by atoms with Crippen LogP contribution in [0.3, 0.4) is 0 Å². The summed E-state index contributed by atoms with van der Waals surface area (Å²) >= 11 is 1.24. The fourth-order valence-electron chi connectivity index (χ4n) is 2.48. The van der Waals surface area contributed by atoms with E-state index in [-0.39, 0.29) is 16.3 Å². The highest BCUT2D eigenvalue weighted by molar-refractivity contribution is 8.14. The molecule has 1 fully saturated rings. The van der Waals surface area contributed by atoms with Crippen LogP contribution in [0.15, 0.2) is 48.8 Å². The Kier molecular flexibility index (Phi) is 4.62. The Balaban J connectivity index is 1.67. The van der Waals surface area contributed by atoms with Gasteiger partial charge in [-0.25, -0.2) is 0 Å². The Hall–Kier alpha value is -2.34. The predicted octanol–water partition coefficient (Wildman–Crippen LogP) is 3.26. The van der Waals surface area contributed by atoms with Gasteiger partial charge in [-0.1, -0.05) is 11.8 Å². The number of ether oxygens (including phenoxy) is 1. The van der Waals surface area contributed by atoms with E-state index in [2.05, 4.69) is 4.98 Å². The van der Waals surface area contributed by atoms with Crippen LogP contribution in [0.1, 0.15) is 13.3 Å². The van der Waals surface area contributed by atoms with Crippen LogP contribution in [0.2, 0.25) is 0 Å². The number of benzene rings is 1. The third-order valence-electron chi connectivity index (χ3n) is 3.44. The maximum absolute atomic E-state index is 12.1. The van der Waals surface area contributed by atoms with Crippen molar-refractivity contribution < 1.29 is 14.3 Å². The Morgan fingerprint density at radius 3 is 2.70 bits per heavy atom. The molecule has 1 aliphatic rings. The van der Waals surface area contributed by atoms with Crippen molar-refractivity contribution in [3.05, 3.63) is 48.8 Å². The van der Waals surface area contributed by atoms with Crippen molar-refractivity contribution in [1.29, 1.82) is 0 Å². The first kappa shape index (κ1) is 15.6. The molecule has 1 atom stereocenters. The quantitative estimate of drug-likeness (QED) is 0.862. The Bertz CT molecular complexity index is 704. The molecular weight excluding hydrogens is 312 g/mol. The number of anilines is 1. The van der Waals surface area contributed by atoms with E-state index in [1.54, 1.807) is 23.4 Å². The summed E-state index contributed by atoms with van der Waals surface area (Å²) in [5, 5.41) is 0.0798. The summed E-state index contributed by atoms with van der Waals surface area (Å²) in [6.07, 6.45) is 3.73. The van der Waals surface area contributed by atoms with E-state index in [9.17, 15) is 9.59 Å². The molecule has 0 radical (unpaired) electrons. The Morgan fingerprint density at radius 2 is 2.04 bits per heavy atom. The summed E-state index contributed by atoms with van der Waals surface area (Å²) in [6.45, 7) is 2.09. The number of nitrogens with zero attached hydrogens (tertiary/aromatic N) is 2. The van der Waals surface area contributed by atoms with Crippen molar-refractivity contribution >= 4 is 28.5 Å². The molecule has 5 nitrogen and oxygen atoms in total. The van der Waals surface area contributed by atoms with Gasteiger partial charge in [0.25, 0.3) is 0 Å². The monoisotopic (exact) mass is 328 g/mol. The zero-order valence-electron chi connectivity index (χ0n) is 12.6. The van der Waals surface area contributed by atoms with Crippen molar-refractivity contribution in [2.75, 3.05) is 11.4 Å². The maximum Gasteiger partial charge on any atom is 0.228 e. The predicted molar refractivity (Wildman–Crippen MR) is 89.8 cm³/mol. The molecule has 2 heterocycles. The molecule has 0 N–H and O–H groups in total. The summed E-state index contributed by atoms with van der Waals surface area (Å²) in [5.74, 6) is 1.39. The normalized spacial score (nSPS) is 17.3. The van der Waals surface area contributed by atoms with Crippen LogP contribution in [0, 0.1) is 0 Å². The SMILES string of the molecule is CC(=O)SC1CC(=O)N(c2ccc(Oc3cccnc3)cc2)C1. The molecule has 1 aromatic heterocycles. The highest BCUT2D eigenvalue weighted by Crippen LogP contribution is 2.30. The number of pyridine rings is 1. The molecule has 118 valence electrons. The molecule has 23 heavy (non-hydrogen) atoms. The topological polar surface area (TPSA) is 59.5 Å². The number of thioether (sulfide) groups is 1. The molecular formula is C17H16N2O3S. The number of hydrogen-bond donors (Lipinski definition) is 0. The minimum Gasteiger partial charge on any atom is -0.456 e. The van der Waals surface area contributed by atoms with Gasteiger partial charge in [-0.3, -0.25) is 14.6 Å². The standard InChI is InChI=1S/C17H16N2O3S/c1-12(20)23-16-9-17(21)19(11-16)13-4-6-14(7-5-13)22-15-3-2-8-18-10-15/h2-8,10,16H,9,11H2,1H3. The van der Waals surface area contributed by atoms with Crippen molar-refractivity contribution in [2.45, 2.75) is 18.6 Å². The van der Waals surface area contributed by atoms with Crippen LogP contribution >= 0.6 is 11.8 Å². The molecule has 0 spiro atoms. The van der Waals surface area contributed by atoms with E-state index in [0.29, 0.717) is 24.5 Å². The van der Waals surface area contributed by atoms with Crippen LogP contribution in [-0.2, 0) is 9.59 Å². The maximum atomic E-state index is 12.1. The van der Waals surface area contributed by atoms with Crippen LogP contribution < -0.4 is 9.64 Å². The van der Waals surface area contributed by atoms with Gasteiger partial charge in [-0.15, -0.1) is 0 Å². The lowest BCUT2D eigenvalue weighted by molar-refractivity contribution is -0.117. The Labute approximate surface area is 138 Å². The lowest BCUT2D eigenvalue weighted by atomic mass is 10.3. The third kappa shape index (κ3) is 3.90. The number of amides is 1. The van der Waals surface area contributed by atoms with Gasteiger partial charge in [0.1, 0.15) is 11.5 Å². The summed E-state index contributed by atoms with van der Waals surface area (Å²) in [5.41, 5.74) is 0.820. The molecule has 1 aromatic carbocycles. The van der Waals surface area contributed by atoms with Gasteiger partial charge in [-0.05, 0) is 36.4 Å². The molecule has 1 unspecified atom stereocenters. The summed E-state index contributed by atoms with van der Waals surface area (Å²) < 4.78 is 5.68. The minimum atomic E-state index is 0.0336. The fourth-order valence-corrected chi connectivity index (χ4v) is 3.39.